The monoisotopic (exact) mass is 212 g/mol. The van der Waals surface area contributed by atoms with Gasteiger partial charge < -0.3 is 14.8 Å². The number of pyridine rings is 1. The van der Waals surface area contributed by atoms with Crippen LogP contribution in [0, 0.1) is 0 Å². The van der Waals surface area contributed by atoms with E-state index in [1.165, 1.54) is 6.07 Å². The van der Waals surface area contributed by atoms with Crippen molar-refractivity contribution in [3.05, 3.63) is 23.4 Å². The first kappa shape index (κ1) is 8.83. The van der Waals surface area contributed by atoms with E-state index in [0.717, 1.165) is 5.39 Å². The lowest BCUT2D eigenvalue weighted by atomic mass is 10.3. The lowest BCUT2D eigenvalue weighted by Crippen LogP contribution is -2.02. The number of hydrogen-bond acceptors (Lipinski definition) is 3. The fraction of sp³-hybridized carbons (Fsp3) is 0. The number of nitrogens with zero attached hydrogens (tertiary/aromatic N) is 1. The van der Waals surface area contributed by atoms with Gasteiger partial charge in [0.2, 0.25) is 5.88 Å². The molecule has 0 aliphatic carbocycles. The fourth-order valence-corrected chi connectivity index (χ4v) is 1.25. The molecule has 2 N–H and O–H groups in total. The van der Waals surface area contributed by atoms with Crippen LogP contribution in [-0.4, -0.2) is 21.2 Å². The predicted octanol–water partition coefficient (Wildman–Crippen LogP) is 2.27. The molecular formula is C8H5ClN2O3. The molecule has 0 bridgehead atoms. The van der Waals surface area contributed by atoms with Gasteiger partial charge in [-0.1, -0.05) is 11.6 Å². The zero-order valence-electron chi connectivity index (χ0n) is 6.82. The van der Waals surface area contributed by atoms with Gasteiger partial charge >= 0.3 is 6.16 Å². The maximum absolute atomic E-state index is 10.2. The molecule has 0 spiro atoms. The Morgan fingerprint density at radius 2 is 2.36 bits per heavy atom. The first-order valence-electron chi connectivity index (χ1n) is 3.71. The number of rotatable bonds is 1. The highest BCUT2D eigenvalue weighted by Gasteiger charge is 2.06. The molecule has 0 aliphatic heterocycles. The normalized spacial score (nSPS) is 10.4. The van der Waals surface area contributed by atoms with Crippen molar-refractivity contribution in [2.45, 2.75) is 0 Å². The maximum Gasteiger partial charge on any atom is 0.512 e. The predicted molar refractivity (Wildman–Crippen MR) is 49.8 cm³/mol. The molecule has 6 heteroatoms. The summed E-state index contributed by atoms with van der Waals surface area (Å²) in [5.74, 6) is 0.127. The van der Waals surface area contributed by atoms with Crippen LogP contribution in [-0.2, 0) is 0 Å². The third kappa shape index (κ3) is 1.62. The topological polar surface area (TPSA) is 75.2 Å². The second kappa shape index (κ2) is 3.19. The summed E-state index contributed by atoms with van der Waals surface area (Å²) < 4.78 is 4.42. The van der Waals surface area contributed by atoms with E-state index in [-0.39, 0.29) is 5.88 Å². The smallest absolute Gasteiger partial charge is 0.449 e. The van der Waals surface area contributed by atoms with Gasteiger partial charge in [-0.2, -0.15) is 0 Å². The Morgan fingerprint density at radius 3 is 3.07 bits per heavy atom. The van der Waals surface area contributed by atoms with Gasteiger partial charge in [-0.15, -0.1) is 0 Å². The summed E-state index contributed by atoms with van der Waals surface area (Å²) >= 11 is 5.65. The summed E-state index contributed by atoms with van der Waals surface area (Å²) in [6, 6.07) is 4.87. The van der Waals surface area contributed by atoms with Gasteiger partial charge in [-0.25, -0.2) is 9.78 Å². The molecule has 0 aromatic carbocycles. The summed E-state index contributed by atoms with van der Waals surface area (Å²) in [6.07, 6.45) is -1.37. The molecule has 14 heavy (non-hydrogen) atoms. The zero-order chi connectivity index (χ0) is 10.1. The summed E-state index contributed by atoms with van der Waals surface area (Å²) in [5, 5.41) is 9.43. The van der Waals surface area contributed by atoms with Crippen molar-refractivity contribution in [3.63, 3.8) is 0 Å². The van der Waals surface area contributed by atoms with Crippen LogP contribution in [0.4, 0.5) is 4.79 Å². The highest BCUT2D eigenvalue weighted by Crippen LogP contribution is 2.20. The number of halogens is 1. The summed E-state index contributed by atoms with van der Waals surface area (Å²) in [5.41, 5.74) is 0.494. The molecule has 0 unspecified atom stereocenters. The summed E-state index contributed by atoms with van der Waals surface area (Å²) in [4.78, 5) is 16.8. The second-order valence-corrected chi connectivity index (χ2v) is 2.96. The molecule has 0 fully saturated rings. The molecule has 0 radical (unpaired) electrons. The molecule has 2 rings (SSSR count). The van der Waals surface area contributed by atoms with Gasteiger partial charge in [0.25, 0.3) is 0 Å². The average Bonchev–Trinajstić information content (AvgIpc) is 2.44. The van der Waals surface area contributed by atoms with Crippen molar-refractivity contribution in [3.8, 4) is 5.88 Å². The SMILES string of the molecule is O=C(O)Oc1cc2ccc(Cl)nc2[nH]1. The molecule has 2 heterocycles. The molecule has 0 saturated carbocycles. The van der Waals surface area contributed by atoms with Crippen molar-refractivity contribution in [1.82, 2.24) is 9.97 Å². The van der Waals surface area contributed by atoms with E-state index in [2.05, 4.69) is 14.7 Å². The lowest BCUT2D eigenvalue weighted by Gasteiger charge is -1.91. The van der Waals surface area contributed by atoms with E-state index < -0.39 is 6.16 Å². The number of aromatic nitrogens is 2. The van der Waals surface area contributed by atoms with Crippen LogP contribution >= 0.6 is 11.6 Å². The molecule has 0 atom stereocenters. The van der Waals surface area contributed by atoms with Crippen LogP contribution in [0.15, 0.2) is 18.2 Å². The minimum atomic E-state index is -1.37. The number of hydrogen-bond donors (Lipinski definition) is 2. The first-order valence-corrected chi connectivity index (χ1v) is 4.09. The third-order valence-corrected chi connectivity index (χ3v) is 1.83. The van der Waals surface area contributed by atoms with E-state index >= 15 is 0 Å². The van der Waals surface area contributed by atoms with Crippen molar-refractivity contribution in [2.75, 3.05) is 0 Å². The Kier molecular flexibility index (Phi) is 2.01. The number of nitrogens with one attached hydrogen (secondary N) is 1. The third-order valence-electron chi connectivity index (χ3n) is 1.62. The Morgan fingerprint density at radius 1 is 1.57 bits per heavy atom. The number of aromatic amines is 1. The van der Waals surface area contributed by atoms with Crippen LogP contribution in [0.2, 0.25) is 5.15 Å². The van der Waals surface area contributed by atoms with E-state index in [1.807, 2.05) is 0 Å². The van der Waals surface area contributed by atoms with Crippen molar-refractivity contribution in [2.24, 2.45) is 0 Å². The molecular weight excluding hydrogens is 208 g/mol. The number of carboxylic acid groups (broad SMARTS) is 1. The van der Waals surface area contributed by atoms with Gasteiger partial charge in [0, 0.05) is 11.5 Å². The Balaban J connectivity index is 2.46. The number of H-pyrrole nitrogens is 1. The lowest BCUT2D eigenvalue weighted by molar-refractivity contribution is 0.143. The molecule has 2 aromatic rings. The Bertz CT molecular complexity index is 494. The molecule has 5 nitrogen and oxygen atoms in total. The first-order chi connectivity index (χ1) is 6.65. The molecule has 0 amide bonds. The van der Waals surface area contributed by atoms with Crippen molar-refractivity contribution >= 4 is 28.8 Å². The standard InChI is InChI=1S/C8H5ClN2O3/c9-5-2-1-4-3-6(14-8(12)13)11-7(4)10-5/h1-3H,(H,10,11)(H,12,13). The van der Waals surface area contributed by atoms with Crippen LogP contribution in [0.3, 0.4) is 0 Å². The van der Waals surface area contributed by atoms with Gasteiger partial charge in [-0.05, 0) is 12.1 Å². The van der Waals surface area contributed by atoms with Crippen LogP contribution < -0.4 is 4.74 Å². The van der Waals surface area contributed by atoms with E-state index in [9.17, 15) is 4.79 Å². The van der Waals surface area contributed by atoms with Crippen LogP contribution in [0.25, 0.3) is 11.0 Å². The van der Waals surface area contributed by atoms with Crippen LogP contribution in [0.1, 0.15) is 0 Å². The second-order valence-electron chi connectivity index (χ2n) is 2.57. The summed E-state index contributed by atoms with van der Waals surface area (Å²) in [6.45, 7) is 0. The number of carbonyl (C=O) groups is 1. The maximum atomic E-state index is 10.2. The van der Waals surface area contributed by atoms with Crippen LogP contribution in [0.5, 0.6) is 5.88 Å². The van der Waals surface area contributed by atoms with E-state index in [1.54, 1.807) is 12.1 Å². The molecule has 0 saturated heterocycles. The highest BCUT2D eigenvalue weighted by atomic mass is 35.5. The van der Waals surface area contributed by atoms with E-state index in [4.69, 9.17) is 16.7 Å². The van der Waals surface area contributed by atoms with Gasteiger partial charge in [0.15, 0.2) is 0 Å². The number of fused-ring (bicyclic) bond motifs is 1. The molecule has 0 aliphatic rings. The van der Waals surface area contributed by atoms with Gasteiger partial charge in [0.1, 0.15) is 10.8 Å². The van der Waals surface area contributed by atoms with E-state index in [0.29, 0.717) is 10.8 Å². The average molecular weight is 213 g/mol. The largest absolute Gasteiger partial charge is 0.512 e. The Labute approximate surface area is 83.3 Å². The Hall–Kier alpha value is -1.75. The number of ether oxygens (including phenoxy) is 1. The fourth-order valence-electron chi connectivity index (χ4n) is 1.11. The molecule has 72 valence electrons. The summed E-state index contributed by atoms with van der Waals surface area (Å²) in [7, 11) is 0. The highest BCUT2D eigenvalue weighted by molar-refractivity contribution is 6.29. The quantitative estimate of drug-likeness (QED) is 0.562. The zero-order valence-corrected chi connectivity index (χ0v) is 7.58. The van der Waals surface area contributed by atoms with Gasteiger partial charge in [0.05, 0.1) is 0 Å². The minimum absolute atomic E-state index is 0.127. The minimum Gasteiger partial charge on any atom is -0.449 e. The van der Waals surface area contributed by atoms with Crippen molar-refractivity contribution in [1.29, 1.82) is 0 Å². The van der Waals surface area contributed by atoms with Gasteiger partial charge in [-0.3, -0.25) is 0 Å². The molecule has 2 aromatic heterocycles. The van der Waals surface area contributed by atoms with Crippen molar-refractivity contribution < 1.29 is 14.6 Å².